The maximum Gasteiger partial charge on any atom is 0.429 e. The summed E-state index contributed by atoms with van der Waals surface area (Å²) in [5.74, 6) is -3.21. The highest BCUT2D eigenvalue weighted by Gasteiger charge is 2.49. The summed E-state index contributed by atoms with van der Waals surface area (Å²) in [7, 11) is -6.25. The average Bonchev–Trinajstić information content (AvgIpc) is 3.33. The number of hydrogen-bond donors (Lipinski definition) is 1. The molecule has 3 rings (SSSR count). The molecular formula is C30H37F2O8S-. The van der Waals surface area contributed by atoms with Crippen LogP contribution in [0.5, 0.6) is 11.5 Å². The summed E-state index contributed by atoms with van der Waals surface area (Å²) in [5, 5.41) is 4.45. The summed E-state index contributed by atoms with van der Waals surface area (Å²) < 4.78 is 70.0. The molecule has 3 unspecified atom stereocenters. The lowest BCUT2D eigenvalue weighted by atomic mass is 9.73. The fourth-order valence-corrected chi connectivity index (χ4v) is 5.51. The smallest absolute Gasteiger partial charge is 0.429 e. The minimum absolute atomic E-state index is 0.00327. The molecule has 0 amide bonds. The Balaban J connectivity index is 1.88. The summed E-state index contributed by atoms with van der Waals surface area (Å²) in [6, 6.07) is 12.4. The van der Waals surface area contributed by atoms with Gasteiger partial charge in [0.2, 0.25) is 0 Å². The molecule has 0 radical (unpaired) electrons. The van der Waals surface area contributed by atoms with E-state index < -0.39 is 32.4 Å². The number of carbonyl (C=O) groups excluding carboxylic acids is 2. The molecule has 0 bridgehead atoms. The van der Waals surface area contributed by atoms with E-state index >= 15 is 0 Å². The second kappa shape index (κ2) is 12.4. The first-order valence-corrected chi connectivity index (χ1v) is 15.1. The second-order valence-corrected chi connectivity index (χ2v) is 12.9. The summed E-state index contributed by atoms with van der Waals surface area (Å²) in [6.45, 7) is 7.76. The van der Waals surface area contributed by atoms with Gasteiger partial charge in [0.1, 0.15) is 17.1 Å². The lowest BCUT2D eigenvalue weighted by molar-refractivity contribution is -0.170. The van der Waals surface area contributed by atoms with E-state index in [2.05, 4.69) is 4.74 Å². The predicted molar refractivity (Wildman–Crippen MR) is 147 cm³/mol. The van der Waals surface area contributed by atoms with Crippen LogP contribution in [0.2, 0.25) is 0 Å². The van der Waals surface area contributed by atoms with Crippen molar-refractivity contribution in [3.05, 3.63) is 59.7 Å². The first-order chi connectivity index (χ1) is 19.0. The number of hydrogen-bond acceptors (Lipinski definition) is 8. The number of rotatable bonds is 12. The maximum atomic E-state index is 13.6. The van der Waals surface area contributed by atoms with E-state index in [4.69, 9.17) is 4.74 Å². The molecule has 2 aromatic rings. The molecular weight excluding hydrogens is 558 g/mol. The number of aromatic hydroxyl groups is 1. The van der Waals surface area contributed by atoms with E-state index in [-0.39, 0.29) is 29.3 Å². The van der Waals surface area contributed by atoms with Crippen LogP contribution in [0.25, 0.3) is 0 Å². The van der Waals surface area contributed by atoms with E-state index in [1.807, 2.05) is 39.8 Å². The molecule has 0 aromatic heterocycles. The summed E-state index contributed by atoms with van der Waals surface area (Å²) in [6.07, 6.45) is 5.13. The second-order valence-electron chi connectivity index (χ2n) is 11.5. The highest BCUT2D eigenvalue weighted by molar-refractivity contribution is 7.87. The van der Waals surface area contributed by atoms with Gasteiger partial charge in [-0.25, -0.2) is 13.2 Å². The third-order valence-electron chi connectivity index (χ3n) is 8.18. The molecule has 1 saturated carbocycles. The number of alkyl halides is 2. The van der Waals surface area contributed by atoms with Crippen molar-refractivity contribution >= 4 is 22.1 Å². The molecule has 8 nitrogen and oxygen atoms in total. The van der Waals surface area contributed by atoms with Crippen molar-refractivity contribution in [2.75, 3.05) is 0 Å². The first-order valence-electron chi connectivity index (χ1n) is 13.7. The van der Waals surface area contributed by atoms with Gasteiger partial charge < -0.3 is 19.1 Å². The maximum absolute atomic E-state index is 13.6. The van der Waals surface area contributed by atoms with Gasteiger partial charge in [0.05, 0.1) is 5.41 Å². The average molecular weight is 596 g/mol. The van der Waals surface area contributed by atoms with E-state index in [1.165, 1.54) is 12.1 Å². The minimum atomic E-state index is -6.25. The van der Waals surface area contributed by atoms with Gasteiger partial charge in [0.15, 0.2) is 10.1 Å². The fourth-order valence-electron chi connectivity index (χ4n) is 5.27. The molecule has 1 fully saturated rings. The minimum Gasteiger partial charge on any atom is -0.743 e. The van der Waals surface area contributed by atoms with Crippen LogP contribution < -0.4 is 4.74 Å². The van der Waals surface area contributed by atoms with E-state index in [1.54, 1.807) is 24.3 Å². The Kier molecular flexibility index (Phi) is 9.85. The summed E-state index contributed by atoms with van der Waals surface area (Å²) in [5.41, 5.74) is 0.380. The number of phenols is 1. The van der Waals surface area contributed by atoms with Crippen LogP contribution in [-0.4, -0.2) is 40.9 Å². The van der Waals surface area contributed by atoms with Crippen molar-refractivity contribution < 1.29 is 45.9 Å². The zero-order valence-corrected chi connectivity index (χ0v) is 24.5. The molecule has 11 heteroatoms. The third-order valence-corrected chi connectivity index (χ3v) is 8.98. The van der Waals surface area contributed by atoms with Gasteiger partial charge in [0, 0.05) is 0 Å². The van der Waals surface area contributed by atoms with Crippen molar-refractivity contribution in [3.63, 3.8) is 0 Å². The summed E-state index contributed by atoms with van der Waals surface area (Å²) in [4.78, 5) is 25.2. The highest BCUT2D eigenvalue weighted by atomic mass is 32.2. The number of ether oxygens (including phenoxy) is 2. The van der Waals surface area contributed by atoms with Crippen molar-refractivity contribution in [2.24, 2.45) is 5.41 Å². The van der Waals surface area contributed by atoms with E-state index in [0.717, 1.165) is 36.8 Å². The SMILES string of the molecule is CCC(C)(CC(CC(C)c1ccc(O)cc1)c1ccc(OC(=O)C(F)(F)S(=O)(=O)[O-])cc1)C(=O)OC1(C)CCCC1. The number of carbonyl (C=O) groups is 2. The third kappa shape index (κ3) is 7.82. The lowest BCUT2D eigenvalue weighted by Gasteiger charge is -2.35. The molecule has 0 aliphatic heterocycles. The zero-order valence-electron chi connectivity index (χ0n) is 23.7. The van der Waals surface area contributed by atoms with Gasteiger partial charge >= 0.3 is 17.2 Å². The standard InChI is InChI=1S/C30H38F2O8S/c1-5-28(3,26(34)40-29(4)16-6-7-17-29)19-23(18-20(2)21-8-12-24(33)13-9-21)22-10-14-25(15-11-22)39-27(35)30(31,32)41(36,37)38/h8-15,20,23,33H,5-7,16-19H2,1-4H3,(H,36,37,38)/p-1. The molecule has 1 aliphatic carbocycles. The molecule has 0 spiro atoms. The van der Waals surface area contributed by atoms with E-state index in [9.17, 15) is 36.4 Å². The fraction of sp³-hybridized carbons (Fsp3) is 0.533. The Hall–Kier alpha value is -3.05. The Morgan fingerprint density at radius 1 is 1.02 bits per heavy atom. The van der Waals surface area contributed by atoms with Crippen molar-refractivity contribution in [1.29, 1.82) is 0 Å². The Labute approximate surface area is 239 Å². The van der Waals surface area contributed by atoms with E-state index in [0.29, 0.717) is 19.3 Å². The monoisotopic (exact) mass is 595 g/mol. The topological polar surface area (TPSA) is 130 Å². The van der Waals surface area contributed by atoms with Gasteiger partial charge in [-0.3, -0.25) is 4.79 Å². The normalized spacial score (nSPS) is 18.2. The molecule has 3 atom stereocenters. The predicted octanol–water partition coefficient (Wildman–Crippen LogP) is 6.40. The number of halogens is 2. The van der Waals surface area contributed by atoms with Crippen LogP contribution in [0.1, 0.15) is 95.6 Å². The van der Waals surface area contributed by atoms with Gasteiger partial charge in [-0.2, -0.15) is 8.78 Å². The molecule has 1 N–H and O–H groups in total. The number of phenolic OH excluding ortho intramolecular Hbond substituents is 1. The molecule has 0 saturated heterocycles. The molecule has 41 heavy (non-hydrogen) atoms. The number of benzene rings is 2. The molecule has 1 aliphatic rings. The van der Waals surface area contributed by atoms with Gasteiger partial charge in [-0.1, -0.05) is 38.1 Å². The Bertz CT molecular complexity index is 1320. The van der Waals surface area contributed by atoms with Crippen LogP contribution in [0.3, 0.4) is 0 Å². The van der Waals surface area contributed by atoms with Crippen LogP contribution in [0.15, 0.2) is 48.5 Å². The van der Waals surface area contributed by atoms with Crippen LogP contribution in [0, 0.1) is 5.41 Å². The highest BCUT2D eigenvalue weighted by Crippen LogP contribution is 2.43. The van der Waals surface area contributed by atoms with Crippen LogP contribution >= 0.6 is 0 Å². The lowest BCUT2D eigenvalue weighted by Crippen LogP contribution is -2.40. The molecule has 2 aromatic carbocycles. The first kappa shape index (κ1) is 32.5. The van der Waals surface area contributed by atoms with Crippen LogP contribution in [0.4, 0.5) is 8.78 Å². The van der Waals surface area contributed by atoms with Gasteiger partial charge in [-0.05, 0) is 106 Å². The Morgan fingerprint density at radius 2 is 1.56 bits per heavy atom. The largest absolute Gasteiger partial charge is 0.743 e. The molecule has 226 valence electrons. The van der Waals surface area contributed by atoms with Crippen molar-refractivity contribution in [2.45, 2.75) is 95.3 Å². The van der Waals surface area contributed by atoms with Gasteiger partial charge in [0.25, 0.3) is 0 Å². The summed E-state index contributed by atoms with van der Waals surface area (Å²) >= 11 is 0. The zero-order chi connectivity index (χ0) is 30.6. The molecule has 0 heterocycles. The van der Waals surface area contributed by atoms with Crippen molar-refractivity contribution in [3.8, 4) is 11.5 Å². The van der Waals surface area contributed by atoms with Gasteiger partial charge in [-0.15, -0.1) is 0 Å². The van der Waals surface area contributed by atoms with Crippen LogP contribution in [-0.2, 0) is 24.4 Å². The number of esters is 2. The Morgan fingerprint density at radius 3 is 2.07 bits per heavy atom. The van der Waals surface area contributed by atoms with Crippen molar-refractivity contribution in [1.82, 2.24) is 0 Å². The quantitative estimate of drug-likeness (QED) is 0.170.